The summed E-state index contributed by atoms with van der Waals surface area (Å²) in [6.07, 6.45) is 0.203. The number of guanidine groups is 1. The fraction of sp³-hybridized carbons (Fsp3) is 0.588. The van der Waals surface area contributed by atoms with E-state index in [1.807, 2.05) is 26.0 Å². The normalized spacial score (nSPS) is 13.4. The van der Waals surface area contributed by atoms with E-state index < -0.39 is 0 Å². The summed E-state index contributed by atoms with van der Waals surface area (Å²) in [6.45, 7) is 11.3. The fourth-order valence-corrected chi connectivity index (χ4v) is 1.72. The van der Waals surface area contributed by atoms with Gasteiger partial charge in [0.15, 0.2) is 5.96 Å². The topological polar surface area (TPSA) is 45.7 Å². The van der Waals surface area contributed by atoms with Crippen LogP contribution in [-0.4, -0.2) is 25.2 Å². The van der Waals surface area contributed by atoms with E-state index in [-0.39, 0.29) is 6.10 Å². The molecule has 4 nitrogen and oxygen atoms in total. The van der Waals surface area contributed by atoms with Crippen molar-refractivity contribution >= 4 is 5.96 Å². The largest absolute Gasteiger partial charge is 0.491 e. The van der Waals surface area contributed by atoms with Crippen molar-refractivity contribution < 1.29 is 4.74 Å². The van der Waals surface area contributed by atoms with E-state index in [2.05, 4.69) is 48.5 Å². The van der Waals surface area contributed by atoms with Crippen molar-refractivity contribution in [3.8, 4) is 5.75 Å². The SMILES string of the molecule is CN=C(NCc1ccc(OC(C)C)cc1)NC(C)C(C)C. The average Bonchev–Trinajstić information content (AvgIpc) is 2.44. The molecule has 0 saturated heterocycles. The van der Waals surface area contributed by atoms with Crippen LogP contribution in [-0.2, 0) is 6.54 Å². The van der Waals surface area contributed by atoms with E-state index in [4.69, 9.17) is 4.74 Å². The van der Waals surface area contributed by atoms with Crippen LogP contribution < -0.4 is 15.4 Å². The molecular formula is C17H29N3O. The second-order valence-corrected chi connectivity index (χ2v) is 5.91. The number of ether oxygens (including phenoxy) is 1. The third-order valence-corrected chi connectivity index (χ3v) is 3.34. The smallest absolute Gasteiger partial charge is 0.191 e. The minimum atomic E-state index is 0.203. The Labute approximate surface area is 129 Å². The summed E-state index contributed by atoms with van der Waals surface area (Å²) >= 11 is 0. The Kier molecular flexibility index (Phi) is 7.06. The first-order valence-electron chi connectivity index (χ1n) is 7.65. The summed E-state index contributed by atoms with van der Waals surface area (Å²) in [4.78, 5) is 4.25. The predicted molar refractivity (Wildman–Crippen MR) is 89.8 cm³/mol. The Morgan fingerprint density at radius 3 is 2.19 bits per heavy atom. The lowest BCUT2D eigenvalue weighted by Gasteiger charge is -2.20. The molecule has 0 spiro atoms. The van der Waals surface area contributed by atoms with Crippen LogP contribution in [0.2, 0.25) is 0 Å². The molecule has 0 amide bonds. The van der Waals surface area contributed by atoms with Gasteiger partial charge >= 0.3 is 0 Å². The lowest BCUT2D eigenvalue weighted by atomic mass is 10.1. The molecule has 118 valence electrons. The molecule has 1 atom stereocenters. The van der Waals surface area contributed by atoms with Gasteiger partial charge in [-0.15, -0.1) is 0 Å². The molecule has 0 aliphatic heterocycles. The zero-order valence-electron chi connectivity index (χ0n) is 14.1. The van der Waals surface area contributed by atoms with E-state index in [0.29, 0.717) is 12.0 Å². The Morgan fingerprint density at radius 2 is 1.71 bits per heavy atom. The van der Waals surface area contributed by atoms with Gasteiger partial charge in [0.2, 0.25) is 0 Å². The van der Waals surface area contributed by atoms with Gasteiger partial charge in [-0.05, 0) is 44.4 Å². The van der Waals surface area contributed by atoms with Crippen molar-refractivity contribution in [1.82, 2.24) is 10.6 Å². The van der Waals surface area contributed by atoms with Crippen LogP contribution in [0.4, 0.5) is 0 Å². The van der Waals surface area contributed by atoms with Crippen LogP contribution in [0.1, 0.15) is 40.2 Å². The first kappa shape index (κ1) is 17.3. The van der Waals surface area contributed by atoms with Gasteiger partial charge in [0, 0.05) is 19.6 Å². The second kappa shape index (κ2) is 8.55. The molecule has 0 saturated carbocycles. The summed E-state index contributed by atoms with van der Waals surface area (Å²) in [6, 6.07) is 8.54. The molecule has 0 aliphatic carbocycles. The molecule has 0 fully saturated rings. The van der Waals surface area contributed by atoms with Crippen molar-refractivity contribution in [3.05, 3.63) is 29.8 Å². The molecule has 1 aromatic carbocycles. The average molecular weight is 291 g/mol. The maximum atomic E-state index is 5.64. The maximum absolute atomic E-state index is 5.64. The molecule has 0 heterocycles. The molecule has 0 aliphatic rings. The molecule has 1 aromatic rings. The van der Waals surface area contributed by atoms with Crippen molar-refractivity contribution in [3.63, 3.8) is 0 Å². The summed E-state index contributed by atoms with van der Waals surface area (Å²) < 4.78 is 5.64. The maximum Gasteiger partial charge on any atom is 0.191 e. The molecule has 0 aromatic heterocycles. The van der Waals surface area contributed by atoms with Gasteiger partial charge in [0.05, 0.1) is 6.10 Å². The molecule has 2 N–H and O–H groups in total. The molecular weight excluding hydrogens is 262 g/mol. The molecule has 4 heteroatoms. The third-order valence-electron chi connectivity index (χ3n) is 3.34. The van der Waals surface area contributed by atoms with Crippen molar-refractivity contribution in [2.24, 2.45) is 10.9 Å². The van der Waals surface area contributed by atoms with Crippen LogP contribution >= 0.6 is 0 Å². The summed E-state index contributed by atoms with van der Waals surface area (Å²) in [5, 5.41) is 6.72. The van der Waals surface area contributed by atoms with Gasteiger partial charge in [0.25, 0.3) is 0 Å². The molecule has 1 rings (SSSR count). The number of nitrogens with one attached hydrogen (secondary N) is 2. The number of aliphatic imine (C=N–C) groups is 1. The number of nitrogens with zero attached hydrogens (tertiary/aromatic N) is 1. The van der Waals surface area contributed by atoms with Gasteiger partial charge in [-0.2, -0.15) is 0 Å². The Hall–Kier alpha value is -1.71. The molecule has 0 radical (unpaired) electrons. The molecule has 0 bridgehead atoms. The fourth-order valence-electron chi connectivity index (χ4n) is 1.72. The molecule has 21 heavy (non-hydrogen) atoms. The lowest BCUT2D eigenvalue weighted by Crippen LogP contribution is -2.43. The van der Waals surface area contributed by atoms with Gasteiger partial charge in [-0.1, -0.05) is 26.0 Å². The quantitative estimate of drug-likeness (QED) is 0.625. The predicted octanol–water partition coefficient (Wildman–Crippen LogP) is 3.18. The van der Waals surface area contributed by atoms with Crippen molar-refractivity contribution in [1.29, 1.82) is 0 Å². The summed E-state index contributed by atoms with van der Waals surface area (Å²) in [5.41, 5.74) is 1.20. The Bertz CT molecular complexity index is 438. The zero-order chi connectivity index (χ0) is 15.8. The summed E-state index contributed by atoms with van der Waals surface area (Å²) in [7, 11) is 1.79. The lowest BCUT2D eigenvalue weighted by molar-refractivity contribution is 0.242. The summed E-state index contributed by atoms with van der Waals surface area (Å²) in [5.74, 6) is 2.31. The van der Waals surface area contributed by atoms with E-state index in [1.54, 1.807) is 7.05 Å². The second-order valence-electron chi connectivity index (χ2n) is 5.91. The monoisotopic (exact) mass is 291 g/mol. The highest BCUT2D eigenvalue weighted by Crippen LogP contribution is 2.13. The highest BCUT2D eigenvalue weighted by molar-refractivity contribution is 5.79. The van der Waals surface area contributed by atoms with Crippen LogP contribution in [0.15, 0.2) is 29.3 Å². The minimum Gasteiger partial charge on any atom is -0.491 e. The van der Waals surface area contributed by atoms with Crippen LogP contribution in [0.25, 0.3) is 0 Å². The van der Waals surface area contributed by atoms with Gasteiger partial charge < -0.3 is 15.4 Å². The van der Waals surface area contributed by atoms with Gasteiger partial charge in [0.1, 0.15) is 5.75 Å². The van der Waals surface area contributed by atoms with E-state index in [1.165, 1.54) is 5.56 Å². The van der Waals surface area contributed by atoms with Gasteiger partial charge in [-0.25, -0.2) is 0 Å². The number of benzene rings is 1. The van der Waals surface area contributed by atoms with Crippen LogP contribution in [0, 0.1) is 5.92 Å². The third kappa shape index (κ3) is 6.52. The first-order chi connectivity index (χ1) is 9.92. The van der Waals surface area contributed by atoms with E-state index in [9.17, 15) is 0 Å². The number of hydrogen-bond donors (Lipinski definition) is 2. The molecule has 1 unspecified atom stereocenters. The Balaban J connectivity index is 2.50. The van der Waals surface area contributed by atoms with Gasteiger partial charge in [-0.3, -0.25) is 4.99 Å². The van der Waals surface area contributed by atoms with E-state index in [0.717, 1.165) is 18.3 Å². The number of hydrogen-bond acceptors (Lipinski definition) is 2. The van der Waals surface area contributed by atoms with E-state index >= 15 is 0 Å². The zero-order valence-corrected chi connectivity index (χ0v) is 14.1. The van der Waals surface area contributed by atoms with Crippen molar-refractivity contribution in [2.75, 3.05) is 7.05 Å². The Morgan fingerprint density at radius 1 is 1.10 bits per heavy atom. The van der Waals surface area contributed by atoms with Crippen LogP contribution in [0.5, 0.6) is 5.75 Å². The standard InChI is InChI=1S/C17H29N3O/c1-12(2)14(5)20-17(18-6)19-11-15-7-9-16(10-8-15)21-13(3)4/h7-10,12-14H,11H2,1-6H3,(H2,18,19,20). The first-order valence-corrected chi connectivity index (χ1v) is 7.65. The van der Waals surface area contributed by atoms with Crippen molar-refractivity contribution in [2.45, 2.75) is 53.3 Å². The minimum absolute atomic E-state index is 0.203. The highest BCUT2D eigenvalue weighted by Gasteiger charge is 2.08. The number of rotatable bonds is 6. The van der Waals surface area contributed by atoms with Crippen LogP contribution in [0.3, 0.4) is 0 Å². The highest BCUT2D eigenvalue weighted by atomic mass is 16.5.